The second-order valence-electron chi connectivity index (χ2n) is 10.3. The molecule has 1 aromatic carbocycles. The van der Waals surface area contributed by atoms with Gasteiger partial charge >= 0.3 is 0 Å². The lowest BCUT2D eigenvalue weighted by atomic mass is 9.51. The minimum absolute atomic E-state index is 0.0874. The van der Waals surface area contributed by atoms with Crippen LogP contribution in [0.2, 0.25) is 0 Å². The van der Waals surface area contributed by atoms with Crippen LogP contribution in [0.15, 0.2) is 36.2 Å². The molecule has 3 saturated carbocycles. The fourth-order valence-electron chi connectivity index (χ4n) is 5.83. The Morgan fingerprint density at radius 3 is 2.27 bits per heavy atom. The zero-order valence-electron chi connectivity index (χ0n) is 19.4. The van der Waals surface area contributed by atoms with E-state index in [2.05, 4.69) is 17.4 Å². The van der Waals surface area contributed by atoms with E-state index in [4.69, 9.17) is 15.2 Å². The van der Waals surface area contributed by atoms with Crippen LogP contribution in [0.5, 0.6) is 5.75 Å². The summed E-state index contributed by atoms with van der Waals surface area (Å²) in [6, 6.07) is 8.13. The van der Waals surface area contributed by atoms with Gasteiger partial charge in [0, 0.05) is 42.7 Å². The molecule has 1 aliphatic heterocycles. The largest absolute Gasteiger partial charge is 0.489 e. The molecule has 182 valence electrons. The van der Waals surface area contributed by atoms with Gasteiger partial charge in [0.1, 0.15) is 12.4 Å². The van der Waals surface area contributed by atoms with E-state index in [1.165, 1.54) is 5.56 Å². The third-order valence-corrected chi connectivity index (χ3v) is 8.55. The van der Waals surface area contributed by atoms with Gasteiger partial charge in [-0.3, -0.25) is 4.79 Å². The molecule has 1 amide bonds. The maximum absolute atomic E-state index is 13.3. The van der Waals surface area contributed by atoms with Crippen molar-refractivity contribution in [3.8, 4) is 5.75 Å². The first-order chi connectivity index (χ1) is 16.0. The van der Waals surface area contributed by atoms with Gasteiger partial charge in [-0.15, -0.1) is 0 Å². The number of rotatable bonds is 9. The molecule has 3 aliphatic carbocycles. The molecule has 7 heteroatoms. The van der Waals surface area contributed by atoms with Crippen LogP contribution >= 0.6 is 0 Å². The third kappa shape index (κ3) is 4.96. The molecule has 1 heterocycles. The summed E-state index contributed by atoms with van der Waals surface area (Å²) in [6.45, 7) is 2.21. The number of carbonyl (C=O) groups excluding carboxylic acids is 1. The number of halogens is 1. The standard InChI is InChI=1S/C26H37FN2O4/c27-15-20(16-28)17-33-22-3-1-21(2-4-22)25-5-8-26(9-6-25,10-7-25)23(31)29-18-24(19-30)11-13-32-14-12-24/h1-4,15,30H,5-14,16-19,28H2,(H,29,31). The summed E-state index contributed by atoms with van der Waals surface area (Å²) in [5, 5.41) is 13.1. The molecule has 0 spiro atoms. The van der Waals surface area contributed by atoms with E-state index in [-0.39, 0.29) is 41.9 Å². The average Bonchev–Trinajstić information content (AvgIpc) is 2.90. The van der Waals surface area contributed by atoms with Gasteiger partial charge in [0.2, 0.25) is 5.91 Å². The number of carbonyl (C=O) groups is 1. The minimum atomic E-state index is -0.274. The van der Waals surface area contributed by atoms with Gasteiger partial charge in [-0.1, -0.05) is 12.1 Å². The molecule has 2 bridgehead atoms. The lowest BCUT2D eigenvalue weighted by Crippen LogP contribution is -2.54. The Balaban J connectivity index is 1.34. The minimum Gasteiger partial charge on any atom is -0.489 e. The number of aliphatic hydroxyl groups is 1. The van der Waals surface area contributed by atoms with Gasteiger partial charge in [0.25, 0.3) is 0 Å². The average molecular weight is 461 g/mol. The summed E-state index contributed by atoms with van der Waals surface area (Å²) in [6.07, 6.45) is 7.78. The highest BCUT2D eigenvalue weighted by Gasteiger charge is 2.53. The van der Waals surface area contributed by atoms with Crippen molar-refractivity contribution >= 4 is 5.91 Å². The van der Waals surface area contributed by atoms with Crippen LogP contribution in [-0.2, 0) is 14.9 Å². The fraction of sp³-hybridized carbons (Fsp3) is 0.654. The highest BCUT2D eigenvalue weighted by atomic mass is 19.1. The van der Waals surface area contributed by atoms with Crippen LogP contribution in [0, 0.1) is 10.8 Å². The molecule has 0 atom stereocenters. The summed E-state index contributed by atoms with van der Waals surface area (Å²) in [5.74, 6) is 0.865. The van der Waals surface area contributed by atoms with Gasteiger partial charge in [-0.05, 0) is 74.5 Å². The molecular formula is C26H37FN2O4. The molecule has 0 aromatic heterocycles. The molecule has 33 heavy (non-hydrogen) atoms. The topological polar surface area (TPSA) is 93.8 Å². The van der Waals surface area contributed by atoms with Crippen LogP contribution in [0.25, 0.3) is 0 Å². The molecule has 6 nitrogen and oxygen atoms in total. The molecule has 4 aliphatic rings. The molecule has 1 aromatic rings. The van der Waals surface area contributed by atoms with Gasteiger partial charge in [0.15, 0.2) is 0 Å². The number of amides is 1. The summed E-state index contributed by atoms with van der Waals surface area (Å²) < 4.78 is 23.8. The van der Waals surface area contributed by atoms with Gasteiger partial charge < -0.3 is 25.6 Å². The number of nitrogens with one attached hydrogen (secondary N) is 1. The monoisotopic (exact) mass is 460 g/mol. The number of hydrogen-bond acceptors (Lipinski definition) is 5. The first-order valence-electron chi connectivity index (χ1n) is 12.2. The molecule has 0 radical (unpaired) electrons. The molecule has 4 N–H and O–H groups in total. The Hall–Kier alpha value is -1.96. The van der Waals surface area contributed by atoms with Crippen molar-refractivity contribution in [1.29, 1.82) is 0 Å². The smallest absolute Gasteiger partial charge is 0.226 e. The van der Waals surface area contributed by atoms with Gasteiger partial charge in [-0.25, -0.2) is 4.39 Å². The lowest BCUT2D eigenvalue weighted by Gasteiger charge is -2.53. The van der Waals surface area contributed by atoms with Crippen LogP contribution in [0.4, 0.5) is 4.39 Å². The SMILES string of the molecule is NCC(=CF)COc1ccc(C23CCC(C(=O)NCC4(CO)CCOCC4)(CC2)CC3)cc1. The number of ether oxygens (including phenoxy) is 2. The van der Waals surface area contributed by atoms with E-state index >= 15 is 0 Å². The first-order valence-corrected chi connectivity index (χ1v) is 12.2. The van der Waals surface area contributed by atoms with E-state index in [9.17, 15) is 14.3 Å². The van der Waals surface area contributed by atoms with Crippen molar-refractivity contribution in [3.63, 3.8) is 0 Å². The predicted octanol–water partition coefficient (Wildman–Crippen LogP) is 3.37. The van der Waals surface area contributed by atoms with Crippen molar-refractivity contribution in [2.45, 2.75) is 56.8 Å². The fourth-order valence-corrected chi connectivity index (χ4v) is 5.83. The predicted molar refractivity (Wildman–Crippen MR) is 125 cm³/mol. The molecule has 1 saturated heterocycles. The Bertz CT molecular complexity index is 824. The summed E-state index contributed by atoms with van der Waals surface area (Å²) in [4.78, 5) is 13.3. The second kappa shape index (κ2) is 10.1. The third-order valence-electron chi connectivity index (χ3n) is 8.55. The van der Waals surface area contributed by atoms with Crippen LogP contribution in [0.1, 0.15) is 56.9 Å². The van der Waals surface area contributed by atoms with E-state index in [1.54, 1.807) is 0 Å². The number of fused-ring (bicyclic) bond motifs is 3. The highest BCUT2D eigenvalue weighted by molar-refractivity contribution is 5.83. The Morgan fingerprint density at radius 1 is 1.09 bits per heavy atom. The summed E-state index contributed by atoms with van der Waals surface area (Å²) in [7, 11) is 0. The summed E-state index contributed by atoms with van der Waals surface area (Å²) >= 11 is 0. The van der Waals surface area contributed by atoms with E-state index in [1.807, 2.05) is 12.1 Å². The van der Waals surface area contributed by atoms with Crippen LogP contribution in [0.3, 0.4) is 0 Å². The van der Waals surface area contributed by atoms with Crippen molar-refractivity contribution in [2.75, 3.05) is 39.5 Å². The highest BCUT2D eigenvalue weighted by Crippen LogP contribution is 2.58. The number of nitrogens with two attached hydrogens (primary N) is 1. The molecular weight excluding hydrogens is 423 g/mol. The Kier molecular flexibility index (Phi) is 7.41. The number of aliphatic hydroxyl groups excluding tert-OH is 1. The van der Waals surface area contributed by atoms with Crippen molar-refractivity contribution in [3.05, 3.63) is 41.7 Å². The molecule has 4 fully saturated rings. The van der Waals surface area contributed by atoms with E-state index in [0.717, 1.165) is 51.4 Å². The maximum atomic E-state index is 13.3. The molecule has 5 rings (SSSR count). The van der Waals surface area contributed by atoms with Gasteiger partial charge in [0.05, 0.1) is 12.9 Å². The van der Waals surface area contributed by atoms with Crippen LogP contribution < -0.4 is 15.8 Å². The lowest BCUT2D eigenvalue weighted by molar-refractivity contribution is -0.139. The van der Waals surface area contributed by atoms with Crippen LogP contribution in [-0.4, -0.2) is 50.5 Å². The zero-order valence-corrected chi connectivity index (χ0v) is 19.4. The van der Waals surface area contributed by atoms with Crippen molar-refractivity contribution in [1.82, 2.24) is 5.32 Å². The zero-order chi connectivity index (χ0) is 23.4. The van der Waals surface area contributed by atoms with Gasteiger partial charge in [-0.2, -0.15) is 0 Å². The first kappa shape index (κ1) is 24.2. The van der Waals surface area contributed by atoms with E-state index < -0.39 is 0 Å². The Morgan fingerprint density at radius 2 is 1.73 bits per heavy atom. The van der Waals surface area contributed by atoms with Crippen molar-refractivity contribution < 1.29 is 23.8 Å². The maximum Gasteiger partial charge on any atom is 0.226 e. The number of hydrogen-bond donors (Lipinski definition) is 3. The second-order valence-corrected chi connectivity index (χ2v) is 10.3. The quantitative estimate of drug-likeness (QED) is 0.525. The number of benzene rings is 1. The Labute approximate surface area is 195 Å². The molecule has 0 unspecified atom stereocenters. The normalized spacial score (nSPS) is 29.0. The van der Waals surface area contributed by atoms with E-state index in [0.29, 0.717) is 37.4 Å². The summed E-state index contributed by atoms with van der Waals surface area (Å²) in [5.41, 5.74) is 6.80. The van der Waals surface area contributed by atoms with Crippen molar-refractivity contribution in [2.24, 2.45) is 16.6 Å².